The molecule has 2 nitrogen and oxygen atoms in total. The van der Waals surface area contributed by atoms with Gasteiger partial charge in [0.05, 0.1) is 7.11 Å². The Hall–Kier alpha value is -1.32. The number of halogens is 1. The summed E-state index contributed by atoms with van der Waals surface area (Å²) in [5, 5.41) is 3.64. The zero-order valence-corrected chi connectivity index (χ0v) is 14.6. The summed E-state index contributed by atoms with van der Waals surface area (Å²) in [6, 6.07) is 15.2. The molecule has 0 amide bonds. The lowest BCUT2D eigenvalue weighted by atomic mass is 10.0. The third-order valence-electron chi connectivity index (χ3n) is 3.72. The van der Waals surface area contributed by atoms with Gasteiger partial charge in [-0.05, 0) is 44.5 Å². The van der Waals surface area contributed by atoms with Crippen LogP contribution in [0.2, 0.25) is 0 Å². The van der Waals surface area contributed by atoms with Crippen LogP contribution in [-0.4, -0.2) is 7.11 Å². The molecule has 1 N–H and O–H groups in total. The van der Waals surface area contributed by atoms with Crippen LogP contribution in [0.1, 0.15) is 42.6 Å². The van der Waals surface area contributed by atoms with Crippen LogP contribution in [-0.2, 0) is 0 Å². The van der Waals surface area contributed by atoms with Crippen LogP contribution in [0, 0.1) is 6.92 Å². The molecule has 2 unspecified atom stereocenters. The Morgan fingerprint density at radius 1 is 1.00 bits per heavy atom. The number of aryl methyl sites for hydroxylation is 1. The third-order valence-corrected chi connectivity index (χ3v) is 4.25. The van der Waals surface area contributed by atoms with Crippen LogP contribution in [0.4, 0.5) is 0 Å². The van der Waals surface area contributed by atoms with E-state index in [-0.39, 0.29) is 12.1 Å². The molecule has 0 radical (unpaired) electrons. The van der Waals surface area contributed by atoms with Gasteiger partial charge in [0.25, 0.3) is 0 Å². The molecular weight excluding hydrogens is 326 g/mol. The summed E-state index contributed by atoms with van der Waals surface area (Å²) >= 11 is 3.47. The molecule has 0 fully saturated rings. The van der Waals surface area contributed by atoms with Crippen LogP contribution in [0.5, 0.6) is 5.75 Å². The summed E-state index contributed by atoms with van der Waals surface area (Å²) in [6.07, 6.45) is 0. The lowest BCUT2D eigenvalue weighted by Crippen LogP contribution is -2.23. The topological polar surface area (TPSA) is 21.3 Å². The number of methoxy groups -OCH3 is 1. The highest BCUT2D eigenvalue weighted by Crippen LogP contribution is 2.28. The van der Waals surface area contributed by atoms with Gasteiger partial charge in [-0.25, -0.2) is 0 Å². The normalized spacial score (nSPS) is 13.8. The van der Waals surface area contributed by atoms with E-state index in [1.807, 2.05) is 6.07 Å². The van der Waals surface area contributed by atoms with Crippen molar-refractivity contribution in [3.05, 3.63) is 63.6 Å². The van der Waals surface area contributed by atoms with Crippen molar-refractivity contribution < 1.29 is 4.74 Å². The van der Waals surface area contributed by atoms with Crippen LogP contribution in [0.15, 0.2) is 46.9 Å². The first kappa shape index (κ1) is 16.1. The molecule has 0 aromatic heterocycles. The minimum Gasteiger partial charge on any atom is -0.496 e. The van der Waals surface area contributed by atoms with Gasteiger partial charge in [-0.3, -0.25) is 0 Å². The van der Waals surface area contributed by atoms with Crippen LogP contribution in [0.25, 0.3) is 0 Å². The standard InChI is InChI=1S/C18H22BrNO/c1-12-5-10-18(21-4)17(11-12)14(3)20-13(2)15-6-8-16(19)9-7-15/h5-11,13-14,20H,1-4H3. The summed E-state index contributed by atoms with van der Waals surface area (Å²) in [4.78, 5) is 0. The van der Waals surface area contributed by atoms with Crippen molar-refractivity contribution in [2.24, 2.45) is 0 Å². The Labute approximate surface area is 135 Å². The highest BCUT2D eigenvalue weighted by molar-refractivity contribution is 9.10. The molecule has 21 heavy (non-hydrogen) atoms. The number of hydrogen-bond donors (Lipinski definition) is 1. The number of nitrogens with one attached hydrogen (secondary N) is 1. The zero-order valence-electron chi connectivity index (χ0n) is 13.0. The summed E-state index contributed by atoms with van der Waals surface area (Å²) in [5.41, 5.74) is 3.72. The fraction of sp³-hybridized carbons (Fsp3) is 0.333. The van der Waals surface area contributed by atoms with E-state index in [2.05, 4.69) is 78.4 Å². The van der Waals surface area contributed by atoms with Gasteiger partial charge in [0.15, 0.2) is 0 Å². The smallest absolute Gasteiger partial charge is 0.123 e. The minimum atomic E-state index is 0.221. The fourth-order valence-corrected chi connectivity index (χ4v) is 2.77. The van der Waals surface area contributed by atoms with Crippen LogP contribution >= 0.6 is 15.9 Å². The number of rotatable bonds is 5. The minimum absolute atomic E-state index is 0.221. The Morgan fingerprint density at radius 2 is 1.67 bits per heavy atom. The van der Waals surface area contributed by atoms with Crippen molar-refractivity contribution in [1.82, 2.24) is 5.32 Å². The van der Waals surface area contributed by atoms with E-state index in [0.29, 0.717) is 0 Å². The van der Waals surface area contributed by atoms with E-state index < -0.39 is 0 Å². The second-order valence-electron chi connectivity index (χ2n) is 5.41. The second kappa shape index (κ2) is 7.10. The molecule has 2 rings (SSSR count). The summed E-state index contributed by atoms with van der Waals surface area (Å²) in [7, 11) is 1.72. The summed E-state index contributed by atoms with van der Waals surface area (Å²) in [5.74, 6) is 0.934. The molecule has 2 aromatic rings. The maximum Gasteiger partial charge on any atom is 0.123 e. The molecule has 0 spiro atoms. The highest BCUT2D eigenvalue weighted by Gasteiger charge is 2.15. The monoisotopic (exact) mass is 347 g/mol. The number of ether oxygens (including phenoxy) is 1. The van der Waals surface area contributed by atoms with E-state index in [1.165, 1.54) is 16.7 Å². The Balaban J connectivity index is 2.15. The summed E-state index contributed by atoms with van der Waals surface area (Å²) in [6.45, 7) is 6.46. The largest absolute Gasteiger partial charge is 0.496 e. The highest BCUT2D eigenvalue weighted by atomic mass is 79.9. The molecule has 2 atom stereocenters. The predicted molar refractivity (Wildman–Crippen MR) is 91.8 cm³/mol. The maximum absolute atomic E-state index is 5.48. The van der Waals surface area contributed by atoms with Crippen LogP contribution < -0.4 is 10.1 Å². The molecule has 0 aliphatic heterocycles. The Morgan fingerprint density at radius 3 is 2.29 bits per heavy atom. The van der Waals surface area contributed by atoms with Gasteiger partial charge in [0.1, 0.15) is 5.75 Å². The van der Waals surface area contributed by atoms with Crippen molar-refractivity contribution >= 4 is 15.9 Å². The molecule has 0 bridgehead atoms. The SMILES string of the molecule is COc1ccc(C)cc1C(C)NC(C)c1ccc(Br)cc1. The molecular formula is C18H22BrNO. The zero-order chi connectivity index (χ0) is 15.4. The predicted octanol–water partition coefficient (Wildman–Crippen LogP) is 5.18. The van der Waals surface area contributed by atoms with Gasteiger partial charge in [-0.1, -0.05) is 45.8 Å². The van der Waals surface area contributed by atoms with E-state index in [1.54, 1.807) is 7.11 Å². The van der Waals surface area contributed by atoms with Gasteiger partial charge in [-0.2, -0.15) is 0 Å². The van der Waals surface area contributed by atoms with Gasteiger partial charge in [-0.15, -0.1) is 0 Å². The van der Waals surface area contributed by atoms with Gasteiger partial charge in [0, 0.05) is 22.1 Å². The molecule has 0 aliphatic carbocycles. The third kappa shape index (κ3) is 4.08. The average molecular weight is 348 g/mol. The first-order valence-corrected chi connectivity index (χ1v) is 7.96. The molecule has 3 heteroatoms. The first-order chi connectivity index (χ1) is 10.0. The van der Waals surface area contributed by atoms with Crippen molar-refractivity contribution in [1.29, 1.82) is 0 Å². The maximum atomic E-state index is 5.48. The van der Waals surface area contributed by atoms with Gasteiger partial charge < -0.3 is 10.1 Å². The van der Waals surface area contributed by atoms with Crippen molar-refractivity contribution in [2.75, 3.05) is 7.11 Å². The first-order valence-electron chi connectivity index (χ1n) is 7.17. The van der Waals surface area contributed by atoms with Crippen LogP contribution in [0.3, 0.4) is 0 Å². The number of benzene rings is 2. The van der Waals surface area contributed by atoms with Crippen molar-refractivity contribution in [3.8, 4) is 5.75 Å². The summed E-state index contributed by atoms with van der Waals surface area (Å²) < 4.78 is 6.58. The van der Waals surface area contributed by atoms with E-state index in [9.17, 15) is 0 Å². The lowest BCUT2D eigenvalue weighted by molar-refractivity contribution is 0.396. The van der Waals surface area contributed by atoms with Gasteiger partial charge >= 0.3 is 0 Å². The Kier molecular flexibility index (Phi) is 5.43. The van der Waals surface area contributed by atoms with E-state index in [4.69, 9.17) is 4.74 Å². The quantitative estimate of drug-likeness (QED) is 0.804. The second-order valence-corrected chi connectivity index (χ2v) is 6.32. The van der Waals surface area contributed by atoms with E-state index in [0.717, 1.165) is 10.2 Å². The molecule has 112 valence electrons. The van der Waals surface area contributed by atoms with Gasteiger partial charge in [0.2, 0.25) is 0 Å². The average Bonchev–Trinajstić information content (AvgIpc) is 2.47. The lowest BCUT2D eigenvalue weighted by Gasteiger charge is -2.23. The van der Waals surface area contributed by atoms with Crippen molar-refractivity contribution in [2.45, 2.75) is 32.9 Å². The molecule has 0 heterocycles. The fourth-order valence-electron chi connectivity index (χ4n) is 2.50. The molecule has 0 saturated heterocycles. The van der Waals surface area contributed by atoms with Crippen molar-refractivity contribution in [3.63, 3.8) is 0 Å². The van der Waals surface area contributed by atoms with E-state index >= 15 is 0 Å². The molecule has 2 aromatic carbocycles. The molecule has 0 aliphatic rings. The number of hydrogen-bond acceptors (Lipinski definition) is 2. The molecule has 0 saturated carbocycles. The Bertz CT molecular complexity index is 595.